The Labute approximate surface area is 140 Å². The molecular weight excluding hydrogens is 288 g/mol. The molecule has 0 aromatic heterocycles. The van der Waals surface area contributed by atoms with Gasteiger partial charge in [-0.1, -0.05) is 24.6 Å². The largest absolute Gasteiger partial charge is 0.492 e. The molecule has 4 heteroatoms. The average Bonchev–Trinajstić information content (AvgIpc) is 2.57. The molecule has 4 nitrogen and oxygen atoms in total. The van der Waals surface area contributed by atoms with E-state index in [1.807, 2.05) is 31.3 Å². The summed E-state index contributed by atoms with van der Waals surface area (Å²) in [5, 5.41) is 3.38. The summed E-state index contributed by atoms with van der Waals surface area (Å²) in [5.41, 5.74) is 1.22. The maximum absolute atomic E-state index is 12.3. The summed E-state index contributed by atoms with van der Waals surface area (Å²) in [5.74, 6) is 2.23. The van der Waals surface area contributed by atoms with Crippen LogP contribution in [0.25, 0.3) is 0 Å². The first-order valence-electron chi connectivity index (χ1n) is 8.70. The highest BCUT2D eigenvalue weighted by atomic mass is 16.5. The van der Waals surface area contributed by atoms with E-state index in [4.69, 9.17) is 4.74 Å². The summed E-state index contributed by atoms with van der Waals surface area (Å²) in [6, 6.07) is 8.00. The molecule has 2 rings (SSSR count). The third-order valence-corrected chi connectivity index (χ3v) is 4.83. The molecule has 1 heterocycles. The number of nitrogens with one attached hydrogen (secondary N) is 1. The Morgan fingerprint density at radius 1 is 1.30 bits per heavy atom. The van der Waals surface area contributed by atoms with E-state index in [1.54, 1.807) is 4.90 Å². The zero-order valence-electron chi connectivity index (χ0n) is 14.7. The van der Waals surface area contributed by atoms with Gasteiger partial charge in [-0.2, -0.15) is 0 Å². The van der Waals surface area contributed by atoms with Crippen molar-refractivity contribution >= 4 is 5.91 Å². The summed E-state index contributed by atoms with van der Waals surface area (Å²) in [6.45, 7) is 7.61. The Balaban J connectivity index is 1.68. The molecule has 128 valence electrons. The monoisotopic (exact) mass is 318 g/mol. The van der Waals surface area contributed by atoms with Gasteiger partial charge in [-0.25, -0.2) is 0 Å². The molecule has 1 aromatic rings. The van der Waals surface area contributed by atoms with Crippen molar-refractivity contribution in [1.82, 2.24) is 10.2 Å². The highest BCUT2D eigenvalue weighted by molar-refractivity contribution is 5.76. The van der Waals surface area contributed by atoms with E-state index in [0.29, 0.717) is 31.4 Å². The van der Waals surface area contributed by atoms with Crippen LogP contribution in [0.1, 0.15) is 31.7 Å². The first-order valence-corrected chi connectivity index (χ1v) is 8.70. The smallest absolute Gasteiger partial charge is 0.222 e. The van der Waals surface area contributed by atoms with Gasteiger partial charge in [-0.15, -0.1) is 0 Å². The van der Waals surface area contributed by atoms with Crippen LogP contribution in [-0.2, 0) is 4.79 Å². The third-order valence-electron chi connectivity index (χ3n) is 4.83. The van der Waals surface area contributed by atoms with E-state index in [-0.39, 0.29) is 5.91 Å². The van der Waals surface area contributed by atoms with Crippen LogP contribution in [-0.4, -0.2) is 44.1 Å². The maximum Gasteiger partial charge on any atom is 0.222 e. The lowest BCUT2D eigenvalue weighted by atomic mass is 9.84. The first-order chi connectivity index (χ1) is 11.1. The van der Waals surface area contributed by atoms with Crippen LogP contribution in [0.3, 0.4) is 0 Å². The van der Waals surface area contributed by atoms with Crippen molar-refractivity contribution in [2.45, 2.75) is 33.1 Å². The van der Waals surface area contributed by atoms with Gasteiger partial charge in [0.05, 0.1) is 6.54 Å². The lowest BCUT2D eigenvalue weighted by Gasteiger charge is -2.29. The number of ether oxygens (including phenoxy) is 1. The highest BCUT2D eigenvalue weighted by Crippen LogP contribution is 2.24. The Bertz CT molecular complexity index is 481. The molecule has 0 bridgehead atoms. The van der Waals surface area contributed by atoms with Crippen molar-refractivity contribution in [2.24, 2.45) is 11.8 Å². The van der Waals surface area contributed by atoms with Crippen LogP contribution in [0.5, 0.6) is 5.75 Å². The Hall–Kier alpha value is -1.55. The predicted octanol–water partition coefficient (Wildman–Crippen LogP) is 2.86. The van der Waals surface area contributed by atoms with Crippen LogP contribution < -0.4 is 10.1 Å². The Morgan fingerprint density at radius 3 is 2.61 bits per heavy atom. The van der Waals surface area contributed by atoms with Crippen LogP contribution >= 0.6 is 0 Å². The van der Waals surface area contributed by atoms with E-state index in [1.165, 1.54) is 18.4 Å². The zero-order chi connectivity index (χ0) is 16.7. The van der Waals surface area contributed by atoms with Crippen molar-refractivity contribution in [1.29, 1.82) is 0 Å². The highest BCUT2D eigenvalue weighted by Gasteiger charge is 2.23. The predicted molar refractivity (Wildman–Crippen MR) is 93.7 cm³/mol. The molecule has 0 saturated carbocycles. The molecule has 1 saturated heterocycles. The fraction of sp³-hybridized carbons (Fsp3) is 0.632. The van der Waals surface area contributed by atoms with Gasteiger partial charge in [0.15, 0.2) is 0 Å². The summed E-state index contributed by atoms with van der Waals surface area (Å²) in [4.78, 5) is 14.1. The van der Waals surface area contributed by atoms with Gasteiger partial charge in [0, 0.05) is 13.5 Å². The topological polar surface area (TPSA) is 41.6 Å². The lowest BCUT2D eigenvalue weighted by Crippen LogP contribution is -2.35. The fourth-order valence-electron chi connectivity index (χ4n) is 3.07. The van der Waals surface area contributed by atoms with E-state index in [2.05, 4.69) is 19.2 Å². The summed E-state index contributed by atoms with van der Waals surface area (Å²) >= 11 is 0. The fourth-order valence-corrected chi connectivity index (χ4v) is 3.07. The average molecular weight is 318 g/mol. The van der Waals surface area contributed by atoms with Gasteiger partial charge in [0.2, 0.25) is 5.91 Å². The zero-order valence-corrected chi connectivity index (χ0v) is 14.7. The molecule has 23 heavy (non-hydrogen) atoms. The quantitative estimate of drug-likeness (QED) is 0.840. The summed E-state index contributed by atoms with van der Waals surface area (Å²) < 4.78 is 5.70. The second-order valence-electron chi connectivity index (χ2n) is 6.75. The molecule has 1 aliphatic heterocycles. The lowest BCUT2D eigenvalue weighted by molar-refractivity contribution is -0.131. The molecule has 1 atom stereocenters. The van der Waals surface area contributed by atoms with Gasteiger partial charge < -0.3 is 15.0 Å². The molecule has 1 aliphatic rings. The van der Waals surface area contributed by atoms with Crippen LogP contribution in [0.4, 0.5) is 0 Å². The number of amides is 1. The summed E-state index contributed by atoms with van der Waals surface area (Å²) in [6.07, 6.45) is 3.02. The molecule has 1 aromatic carbocycles. The standard InChI is InChI=1S/C19H30N2O2/c1-15-4-6-18(7-5-15)23-13-12-21(3)19(22)14-16(2)17-8-10-20-11-9-17/h4-7,16-17,20H,8-14H2,1-3H3. The first kappa shape index (κ1) is 17.8. The van der Waals surface area contributed by atoms with E-state index < -0.39 is 0 Å². The van der Waals surface area contributed by atoms with Crippen LogP contribution in [0.15, 0.2) is 24.3 Å². The van der Waals surface area contributed by atoms with Crippen LogP contribution in [0, 0.1) is 18.8 Å². The van der Waals surface area contributed by atoms with Crippen molar-refractivity contribution < 1.29 is 9.53 Å². The van der Waals surface area contributed by atoms with Gasteiger partial charge in [0.1, 0.15) is 12.4 Å². The number of nitrogens with zero attached hydrogens (tertiary/aromatic N) is 1. The number of hydrogen-bond acceptors (Lipinski definition) is 3. The number of piperidine rings is 1. The third kappa shape index (κ3) is 5.87. The number of carbonyl (C=O) groups excluding carboxylic acids is 1. The van der Waals surface area contributed by atoms with Gasteiger partial charge in [0.25, 0.3) is 0 Å². The van der Waals surface area contributed by atoms with E-state index in [9.17, 15) is 4.79 Å². The number of likely N-dealkylation sites (N-methyl/N-ethyl adjacent to an activating group) is 1. The second kappa shape index (κ2) is 8.92. The number of benzene rings is 1. The molecule has 0 aliphatic carbocycles. The number of carbonyl (C=O) groups is 1. The maximum atomic E-state index is 12.3. The normalized spacial score (nSPS) is 16.8. The minimum Gasteiger partial charge on any atom is -0.492 e. The molecule has 0 spiro atoms. The Morgan fingerprint density at radius 2 is 1.96 bits per heavy atom. The second-order valence-corrected chi connectivity index (χ2v) is 6.75. The molecule has 0 radical (unpaired) electrons. The molecule has 1 amide bonds. The van der Waals surface area contributed by atoms with Crippen molar-refractivity contribution in [3.63, 3.8) is 0 Å². The van der Waals surface area contributed by atoms with Gasteiger partial charge in [-0.05, 0) is 56.8 Å². The molecule has 1 N–H and O–H groups in total. The SMILES string of the molecule is Cc1ccc(OCCN(C)C(=O)CC(C)C2CCNCC2)cc1. The number of hydrogen-bond donors (Lipinski definition) is 1. The van der Waals surface area contributed by atoms with E-state index >= 15 is 0 Å². The van der Waals surface area contributed by atoms with Gasteiger partial charge in [-0.3, -0.25) is 4.79 Å². The minimum atomic E-state index is 0.225. The van der Waals surface area contributed by atoms with Crippen molar-refractivity contribution in [3.8, 4) is 5.75 Å². The molecule has 1 unspecified atom stereocenters. The van der Waals surface area contributed by atoms with Crippen molar-refractivity contribution in [2.75, 3.05) is 33.3 Å². The molecular formula is C19H30N2O2. The van der Waals surface area contributed by atoms with Crippen LogP contribution in [0.2, 0.25) is 0 Å². The number of rotatable bonds is 7. The van der Waals surface area contributed by atoms with Gasteiger partial charge >= 0.3 is 0 Å². The van der Waals surface area contributed by atoms with E-state index in [0.717, 1.165) is 18.8 Å². The minimum absolute atomic E-state index is 0.225. The summed E-state index contributed by atoms with van der Waals surface area (Å²) in [7, 11) is 1.87. The number of aryl methyl sites for hydroxylation is 1. The molecule has 1 fully saturated rings. The Kier molecular flexibility index (Phi) is 6.90. The van der Waals surface area contributed by atoms with Crippen molar-refractivity contribution in [3.05, 3.63) is 29.8 Å².